The number of unbranched alkanes of at least 4 members (excludes halogenated alkanes) is 4. The van der Waals surface area contributed by atoms with Gasteiger partial charge in [-0.25, -0.2) is 0 Å². The number of esters is 1. The molecular formula is C57H86O7. The van der Waals surface area contributed by atoms with Crippen LogP contribution < -0.4 is 0 Å². The van der Waals surface area contributed by atoms with E-state index in [9.17, 15) is 20.1 Å². The molecule has 0 radical (unpaired) electrons. The molecule has 6 atom stereocenters. The fourth-order valence-electron chi connectivity index (χ4n) is 8.98. The monoisotopic (exact) mass is 883 g/mol. The first kappa shape index (κ1) is 54.7. The molecule has 64 heavy (non-hydrogen) atoms. The van der Waals surface area contributed by atoms with Gasteiger partial charge in [0.25, 0.3) is 0 Å². The van der Waals surface area contributed by atoms with Gasteiger partial charge in [0, 0.05) is 6.42 Å². The highest BCUT2D eigenvalue weighted by Gasteiger charge is 2.46. The van der Waals surface area contributed by atoms with E-state index in [2.05, 4.69) is 168 Å². The van der Waals surface area contributed by atoms with Crippen LogP contribution in [0.4, 0.5) is 0 Å². The third-order valence-electron chi connectivity index (χ3n) is 12.9. The summed E-state index contributed by atoms with van der Waals surface area (Å²) < 4.78 is 17.7. The summed E-state index contributed by atoms with van der Waals surface area (Å²) in [6, 6.07) is 0. The largest absolute Gasteiger partial charge is 0.463 e. The number of aliphatic hydroxyl groups excluding tert-OH is 3. The van der Waals surface area contributed by atoms with Crippen molar-refractivity contribution < 1.29 is 34.3 Å². The third kappa shape index (κ3) is 19.1. The lowest BCUT2D eigenvalue weighted by Gasteiger charge is -2.43. The van der Waals surface area contributed by atoms with Gasteiger partial charge in [-0.2, -0.15) is 0 Å². The highest BCUT2D eigenvalue weighted by molar-refractivity contribution is 5.69. The molecule has 1 fully saturated rings. The summed E-state index contributed by atoms with van der Waals surface area (Å²) in [5.74, 6) is 0.354. The molecule has 0 aromatic rings. The Balaban J connectivity index is 1.49. The molecule has 7 nitrogen and oxygen atoms in total. The molecule has 3 rings (SSSR count). The number of hydrogen-bond donors (Lipinski definition) is 3. The molecule has 1 saturated heterocycles. The van der Waals surface area contributed by atoms with Crippen molar-refractivity contribution in [3.63, 3.8) is 0 Å². The van der Waals surface area contributed by atoms with E-state index in [4.69, 9.17) is 14.2 Å². The molecule has 5 unspecified atom stereocenters. The Morgan fingerprint density at radius 3 is 1.80 bits per heavy atom. The summed E-state index contributed by atoms with van der Waals surface area (Å²) in [4.78, 5) is 12.4. The van der Waals surface area contributed by atoms with Crippen LogP contribution in [0.5, 0.6) is 0 Å². The van der Waals surface area contributed by atoms with Gasteiger partial charge in [-0.15, -0.1) is 0 Å². The molecule has 0 bridgehead atoms. The highest BCUT2D eigenvalue weighted by Crippen LogP contribution is 2.43. The third-order valence-corrected chi connectivity index (χ3v) is 12.9. The van der Waals surface area contributed by atoms with Crippen LogP contribution in [0.2, 0.25) is 0 Å². The van der Waals surface area contributed by atoms with Gasteiger partial charge < -0.3 is 29.5 Å². The standard InChI is InChI=1S/C57H86O7/c1-40(2)23-16-14-13-15-17-31-51(58)62-39-50-52(59)53(60)54(61)55(64-50)63-47-37-46(8)49(57(11,12)38-47)35-33-44(6)29-21-27-42(4)25-19-18-24-41(3)26-20-28-43(5)32-34-48-45(7)30-22-36-56(48,9)10/h18-21,24-29,32-35,40,47,50,52-55,59-61H,13-17,22-23,30-31,36-39H2,1-12H3/b19-18+,26-20+,27-21+,34-32+,35-33+,41-24+,42-25+,43-28+,44-29+/t47-,50?,52?,53?,54?,55?/m1/s1. The van der Waals surface area contributed by atoms with Crippen molar-refractivity contribution >= 4 is 5.97 Å². The summed E-state index contributed by atoms with van der Waals surface area (Å²) in [5, 5.41) is 32.2. The molecule has 3 N–H and O–H groups in total. The fraction of sp³-hybridized carbons (Fsp3) is 0.596. The van der Waals surface area contributed by atoms with E-state index in [0.29, 0.717) is 25.2 Å². The quantitative estimate of drug-likeness (QED) is 0.0565. The Morgan fingerprint density at radius 2 is 1.23 bits per heavy atom. The van der Waals surface area contributed by atoms with Crippen molar-refractivity contribution in [3.8, 4) is 0 Å². The van der Waals surface area contributed by atoms with Crippen LogP contribution in [-0.2, 0) is 19.0 Å². The van der Waals surface area contributed by atoms with Crippen LogP contribution in [0.3, 0.4) is 0 Å². The summed E-state index contributed by atoms with van der Waals surface area (Å²) >= 11 is 0. The summed E-state index contributed by atoms with van der Waals surface area (Å²) in [5.41, 5.74) is 10.1. The second kappa shape index (κ2) is 27.1. The number of ether oxygens (including phenoxy) is 3. The zero-order valence-corrected chi connectivity index (χ0v) is 41.8. The second-order valence-electron chi connectivity index (χ2n) is 20.5. The molecule has 356 valence electrons. The Morgan fingerprint density at radius 1 is 0.703 bits per heavy atom. The maximum absolute atomic E-state index is 12.4. The number of allylic oxidation sites excluding steroid dienone is 21. The number of hydrogen-bond acceptors (Lipinski definition) is 7. The predicted octanol–water partition coefficient (Wildman–Crippen LogP) is 13.3. The van der Waals surface area contributed by atoms with Crippen LogP contribution in [0, 0.1) is 16.7 Å². The first-order valence-electron chi connectivity index (χ1n) is 24.2. The summed E-state index contributed by atoms with van der Waals surface area (Å²) in [6.45, 7) is 26.1. The van der Waals surface area contributed by atoms with E-state index < -0.39 is 30.7 Å². The van der Waals surface area contributed by atoms with E-state index in [-0.39, 0.29) is 29.5 Å². The maximum atomic E-state index is 12.4. The average molecular weight is 883 g/mol. The van der Waals surface area contributed by atoms with Gasteiger partial charge in [0.1, 0.15) is 31.0 Å². The second-order valence-corrected chi connectivity index (χ2v) is 20.5. The molecule has 0 aromatic heterocycles. The highest BCUT2D eigenvalue weighted by atomic mass is 16.7. The lowest BCUT2D eigenvalue weighted by Crippen LogP contribution is -2.60. The van der Waals surface area contributed by atoms with Crippen molar-refractivity contribution in [1.29, 1.82) is 0 Å². The molecule has 1 heterocycles. The smallest absolute Gasteiger partial charge is 0.305 e. The topological polar surface area (TPSA) is 105 Å². The predicted molar refractivity (Wildman–Crippen MR) is 266 cm³/mol. The first-order chi connectivity index (χ1) is 30.2. The zero-order chi connectivity index (χ0) is 47.5. The van der Waals surface area contributed by atoms with Crippen LogP contribution in [0.1, 0.15) is 160 Å². The minimum atomic E-state index is -1.49. The summed E-state index contributed by atoms with van der Waals surface area (Å²) in [6.07, 6.45) is 34.9. The van der Waals surface area contributed by atoms with Gasteiger partial charge in [-0.1, -0.05) is 192 Å². The van der Waals surface area contributed by atoms with Crippen LogP contribution in [0.15, 0.2) is 130 Å². The molecule has 3 aliphatic rings. The molecule has 1 aliphatic heterocycles. The number of carbonyl (C=O) groups excluding carboxylic acids is 1. The Kier molecular flexibility index (Phi) is 23.2. The SMILES string of the molecule is CC1=C(/C=C/C(C)=C/C=C/C(C)=C/C=C/C=C(C)/C=C/C=C(C)/C=C/C2=C(C)C[C@@H](OC3OC(COC(=O)CCCCCCCC(C)C)C(O)C(O)C3O)CC2(C)C)C(C)(C)CCC1. The molecule has 0 aromatic carbocycles. The molecule has 2 aliphatic carbocycles. The van der Waals surface area contributed by atoms with E-state index in [1.165, 1.54) is 72.0 Å². The summed E-state index contributed by atoms with van der Waals surface area (Å²) in [7, 11) is 0. The molecule has 0 spiro atoms. The normalized spacial score (nSPS) is 26.6. The maximum Gasteiger partial charge on any atom is 0.305 e. The number of carbonyl (C=O) groups is 1. The Bertz CT molecular complexity index is 1850. The van der Waals surface area contributed by atoms with Crippen LogP contribution in [0.25, 0.3) is 0 Å². The van der Waals surface area contributed by atoms with E-state index in [1.807, 2.05) is 0 Å². The Hall–Kier alpha value is -3.59. The Labute approximate surface area is 388 Å². The van der Waals surface area contributed by atoms with Crippen molar-refractivity contribution in [1.82, 2.24) is 0 Å². The van der Waals surface area contributed by atoms with E-state index >= 15 is 0 Å². The van der Waals surface area contributed by atoms with Crippen LogP contribution in [-0.4, -0.2) is 64.7 Å². The first-order valence-corrected chi connectivity index (χ1v) is 24.2. The number of rotatable bonds is 22. The average Bonchev–Trinajstić information content (AvgIpc) is 3.20. The van der Waals surface area contributed by atoms with Crippen molar-refractivity contribution in [2.45, 2.75) is 197 Å². The van der Waals surface area contributed by atoms with Gasteiger partial charge in [0.2, 0.25) is 0 Å². The van der Waals surface area contributed by atoms with E-state index in [1.54, 1.807) is 0 Å². The van der Waals surface area contributed by atoms with Gasteiger partial charge in [-0.05, 0) is 108 Å². The van der Waals surface area contributed by atoms with Gasteiger partial charge in [-0.3, -0.25) is 4.79 Å². The molecule has 0 saturated carbocycles. The minimum Gasteiger partial charge on any atom is -0.463 e. The lowest BCUT2D eigenvalue weighted by atomic mass is 9.71. The van der Waals surface area contributed by atoms with Gasteiger partial charge in [0.15, 0.2) is 6.29 Å². The van der Waals surface area contributed by atoms with Crippen LogP contribution >= 0.6 is 0 Å². The van der Waals surface area contributed by atoms with Gasteiger partial charge in [0.05, 0.1) is 6.10 Å². The number of aliphatic hydroxyl groups is 3. The van der Waals surface area contributed by atoms with Gasteiger partial charge >= 0.3 is 5.97 Å². The molecular weight excluding hydrogens is 797 g/mol. The molecule has 0 amide bonds. The van der Waals surface area contributed by atoms with E-state index in [0.717, 1.165) is 30.4 Å². The minimum absolute atomic E-state index is 0.221. The van der Waals surface area contributed by atoms with Crippen molar-refractivity contribution in [2.75, 3.05) is 6.61 Å². The van der Waals surface area contributed by atoms with Crippen molar-refractivity contribution in [2.24, 2.45) is 16.7 Å². The molecule has 7 heteroatoms. The lowest BCUT2D eigenvalue weighted by molar-refractivity contribution is -0.313. The fourth-order valence-corrected chi connectivity index (χ4v) is 8.98. The van der Waals surface area contributed by atoms with Crippen molar-refractivity contribution in [3.05, 3.63) is 130 Å². The zero-order valence-electron chi connectivity index (χ0n) is 41.8.